The van der Waals surface area contributed by atoms with Crippen molar-refractivity contribution in [3.8, 4) is 6.07 Å². The zero-order chi connectivity index (χ0) is 13.4. The lowest BCUT2D eigenvalue weighted by molar-refractivity contribution is 0.564. The molecule has 98 valence electrons. The van der Waals surface area contributed by atoms with Crippen LogP contribution in [0.2, 0.25) is 0 Å². The molecule has 0 spiro atoms. The zero-order valence-corrected chi connectivity index (χ0v) is 12.8. The van der Waals surface area contributed by atoms with Gasteiger partial charge in [0.2, 0.25) is 0 Å². The van der Waals surface area contributed by atoms with E-state index >= 15 is 0 Å². The van der Waals surface area contributed by atoms with E-state index in [4.69, 9.17) is 5.26 Å². The van der Waals surface area contributed by atoms with Crippen LogP contribution in [0.1, 0.15) is 51.5 Å². The number of nitrogens with zero attached hydrogens (tertiary/aromatic N) is 1. The van der Waals surface area contributed by atoms with Gasteiger partial charge in [0, 0.05) is 10.5 Å². The van der Waals surface area contributed by atoms with Gasteiger partial charge in [0.05, 0.1) is 11.3 Å². The molecule has 0 aromatic heterocycles. The number of anilines is 1. The number of unbranched alkanes of at least 4 members (excludes halogenated alkanes) is 1. The Balaban J connectivity index is 2.79. The molecule has 1 N–H and O–H groups in total. The molecule has 0 amide bonds. The summed E-state index contributed by atoms with van der Waals surface area (Å²) in [4.78, 5) is 0. The minimum absolute atomic E-state index is 0.469. The summed E-state index contributed by atoms with van der Waals surface area (Å²) >= 11 is 3.46. The van der Waals surface area contributed by atoms with Gasteiger partial charge in [0.25, 0.3) is 0 Å². The molecule has 0 aliphatic carbocycles. The van der Waals surface area contributed by atoms with Crippen LogP contribution < -0.4 is 5.32 Å². The maximum Gasteiger partial charge on any atom is 0.101 e. The van der Waals surface area contributed by atoms with E-state index in [1.807, 2.05) is 18.2 Å². The molecule has 2 nitrogen and oxygen atoms in total. The summed E-state index contributed by atoms with van der Waals surface area (Å²) in [7, 11) is 0. The predicted molar refractivity (Wildman–Crippen MR) is 80.7 cm³/mol. The molecule has 1 unspecified atom stereocenters. The van der Waals surface area contributed by atoms with Gasteiger partial charge in [-0.3, -0.25) is 0 Å². The predicted octanol–water partition coefficient (Wildman–Crippen LogP) is 5.09. The van der Waals surface area contributed by atoms with Gasteiger partial charge in [-0.05, 0) is 31.0 Å². The van der Waals surface area contributed by atoms with Crippen molar-refractivity contribution in [3.05, 3.63) is 28.2 Å². The second kappa shape index (κ2) is 8.16. The topological polar surface area (TPSA) is 35.8 Å². The van der Waals surface area contributed by atoms with Gasteiger partial charge in [0.15, 0.2) is 0 Å². The average molecular weight is 309 g/mol. The van der Waals surface area contributed by atoms with Crippen molar-refractivity contribution in [1.29, 1.82) is 5.26 Å². The lowest BCUT2D eigenvalue weighted by atomic mass is 10.0. The van der Waals surface area contributed by atoms with Crippen molar-refractivity contribution in [1.82, 2.24) is 0 Å². The van der Waals surface area contributed by atoms with E-state index in [0.29, 0.717) is 6.04 Å². The maximum atomic E-state index is 9.12. The highest BCUT2D eigenvalue weighted by molar-refractivity contribution is 9.10. The molecule has 1 aromatic carbocycles. The van der Waals surface area contributed by atoms with Crippen molar-refractivity contribution in [2.45, 2.75) is 52.0 Å². The van der Waals surface area contributed by atoms with E-state index < -0.39 is 0 Å². The Morgan fingerprint density at radius 1 is 1.28 bits per heavy atom. The van der Waals surface area contributed by atoms with Crippen LogP contribution in [-0.4, -0.2) is 6.04 Å². The number of hydrogen-bond acceptors (Lipinski definition) is 2. The highest BCUT2D eigenvalue weighted by Gasteiger charge is 2.10. The molecule has 18 heavy (non-hydrogen) atoms. The number of halogens is 1. The lowest BCUT2D eigenvalue weighted by Gasteiger charge is -2.20. The zero-order valence-electron chi connectivity index (χ0n) is 11.2. The van der Waals surface area contributed by atoms with Crippen molar-refractivity contribution in [2.24, 2.45) is 0 Å². The van der Waals surface area contributed by atoms with Crippen molar-refractivity contribution >= 4 is 21.6 Å². The third-order valence-corrected chi connectivity index (χ3v) is 3.50. The summed E-state index contributed by atoms with van der Waals surface area (Å²) in [6.45, 7) is 4.41. The molecule has 0 saturated carbocycles. The molecular weight excluding hydrogens is 288 g/mol. The first kappa shape index (κ1) is 15.0. The largest absolute Gasteiger partial charge is 0.381 e. The fourth-order valence-electron chi connectivity index (χ4n) is 2.04. The van der Waals surface area contributed by atoms with Crippen LogP contribution in [0.15, 0.2) is 22.7 Å². The van der Waals surface area contributed by atoms with E-state index in [1.165, 1.54) is 19.3 Å². The molecule has 1 atom stereocenters. The normalized spacial score (nSPS) is 11.9. The number of nitriles is 1. The van der Waals surface area contributed by atoms with Crippen LogP contribution in [0.5, 0.6) is 0 Å². The minimum Gasteiger partial charge on any atom is -0.381 e. The molecule has 0 heterocycles. The Morgan fingerprint density at radius 2 is 2.06 bits per heavy atom. The molecule has 1 rings (SSSR count). The van der Waals surface area contributed by atoms with Gasteiger partial charge in [0.1, 0.15) is 6.07 Å². The van der Waals surface area contributed by atoms with Crippen molar-refractivity contribution in [2.75, 3.05) is 5.32 Å². The summed E-state index contributed by atoms with van der Waals surface area (Å²) in [6.07, 6.45) is 5.93. The van der Waals surface area contributed by atoms with E-state index in [2.05, 4.69) is 41.2 Å². The van der Waals surface area contributed by atoms with Gasteiger partial charge in [-0.25, -0.2) is 0 Å². The number of rotatable bonds is 7. The van der Waals surface area contributed by atoms with E-state index in [0.717, 1.165) is 28.6 Å². The molecule has 0 bridgehead atoms. The van der Waals surface area contributed by atoms with Crippen LogP contribution in [0.3, 0.4) is 0 Å². The summed E-state index contributed by atoms with van der Waals surface area (Å²) in [6, 6.07) is 8.47. The average Bonchev–Trinajstić information content (AvgIpc) is 2.36. The standard InChI is InChI=1S/C15H21BrN2/c1-3-5-7-14(6-4-2)18-15-10-13(16)9-8-12(15)11-17/h8-10,14,18H,3-7H2,1-2H3. The van der Waals surface area contributed by atoms with Crippen LogP contribution in [0.25, 0.3) is 0 Å². The highest BCUT2D eigenvalue weighted by atomic mass is 79.9. The fourth-order valence-corrected chi connectivity index (χ4v) is 2.40. The van der Waals surface area contributed by atoms with Crippen LogP contribution in [-0.2, 0) is 0 Å². The third-order valence-electron chi connectivity index (χ3n) is 3.00. The molecule has 0 saturated heterocycles. The Bertz CT molecular complexity index is 409. The highest BCUT2D eigenvalue weighted by Crippen LogP contribution is 2.23. The molecule has 0 aliphatic heterocycles. The number of benzene rings is 1. The van der Waals surface area contributed by atoms with E-state index in [9.17, 15) is 0 Å². The van der Waals surface area contributed by atoms with Crippen molar-refractivity contribution < 1.29 is 0 Å². The van der Waals surface area contributed by atoms with E-state index in [1.54, 1.807) is 0 Å². The molecule has 1 aromatic rings. The maximum absolute atomic E-state index is 9.12. The van der Waals surface area contributed by atoms with Gasteiger partial charge >= 0.3 is 0 Å². The minimum atomic E-state index is 0.469. The molecule has 0 fully saturated rings. The van der Waals surface area contributed by atoms with Crippen LogP contribution in [0, 0.1) is 11.3 Å². The van der Waals surface area contributed by atoms with Crippen LogP contribution >= 0.6 is 15.9 Å². The van der Waals surface area contributed by atoms with Crippen molar-refractivity contribution in [3.63, 3.8) is 0 Å². The van der Waals surface area contributed by atoms with Crippen LogP contribution in [0.4, 0.5) is 5.69 Å². The Labute approximate surface area is 119 Å². The second-order valence-corrected chi connectivity index (χ2v) is 5.49. The summed E-state index contributed by atoms with van der Waals surface area (Å²) < 4.78 is 1.01. The van der Waals surface area contributed by atoms with Gasteiger partial charge < -0.3 is 5.32 Å². The molecule has 3 heteroatoms. The first-order valence-electron chi connectivity index (χ1n) is 6.67. The summed E-state index contributed by atoms with van der Waals surface area (Å²) in [5, 5.41) is 12.6. The SMILES string of the molecule is CCCCC(CCC)Nc1cc(Br)ccc1C#N. The molecule has 0 aliphatic rings. The second-order valence-electron chi connectivity index (χ2n) is 4.57. The van der Waals surface area contributed by atoms with Gasteiger partial charge in [-0.15, -0.1) is 0 Å². The Morgan fingerprint density at radius 3 is 2.67 bits per heavy atom. The first-order chi connectivity index (χ1) is 8.71. The quantitative estimate of drug-likeness (QED) is 0.761. The molecule has 0 radical (unpaired) electrons. The fraction of sp³-hybridized carbons (Fsp3) is 0.533. The summed E-state index contributed by atoms with van der Waals surface area (Å²) in [5.41, 5.74) is 1.66. The van der Waals surface area contributed by atoms with E-state index in [-0.39, 0.29) is 0 Å². The Hall–Kier alpha value is -1.01. The number of nitrogens with one attached hydrogen (secondary N) is 1. The number of hydrogen-bond donors (Lipinski definition) is 1. The Kier molecular flexibility index (Phi) is 6.82. The smallest absolute Gasteiger partial charge is 0.101 e. The van der Waals surface area contributed by atoms with Gasteiger partial charge in [-0.2, -0.15) is 5.26 Å². The molecular formula is C15H21BrN2. The summed E-state index contributed by atoms with van der Waals surface area (Å²) in [5.74, 6) is 0. The lowest BCUT2D eigenvalue weighted by Crippen LogP contribution is -2.19. The van der Waals surface area contributed by atoms with Gasteiger partial charge in [-0.1, -0.05) is 49.0 Å². The first-order valence-corrected chi connectivity index (χ1v) is 7.46. The monoisotopic (exact) mass is 308 g/mol. The third kappa shape index (κ3) is 4.70.